The number of unbranched alkanes of at least 4 members (excludes halogenated alkanes) is 9. The lowest BCUT2D eigenvalue weighted by Crippen LogP contribution is -1.97. The van der Waals surface area contributed by atoms with Gasteiger partial charge in [-0.25, -0.2) is 4.57 Å². The smallest absolute Gasteiger partial charge is 0.377 e. The Kier molecular flexibility index (Phi) is 14.3. The van der Waals surface area contributed by atoms with Gasteiger partial charge in [-0.1, -0.05) is 63.5 Å². The molecule has 2 N–H and O–H groups in total. The van der Waals surface area contributed by atoms with E-state index < -0.39 is 7.82 Å². The molecule has 0 heterocycles. The summed E-state index contributed by atoms with van der Waals surface area (Å²) in [5, 5.41) is 0. The van der Waals surface area contributed by atoms with Gasteiger partial charge in [0.05, 0.1) is 13.2 Å². The topological polar surface area (TPSA) is 76.0 Å². The van der Waals surface area contributed by atoms with Gasteiger partial charge in [-0.15, -0.1) is 0 Å². The molecule has 0 aromatic rings. The predicted octanol–water partition coefficient (Wildman–Crippen LogP) is 4.59. The molecule has 0 bridgehead atoms. The average Bonchev–Trinajstić information content (AvgIpc) is 2.41. The highest BCUT2D eigenvalue weighted by Gasteiger charge is 2.12. The van der Waals surface area contributed by atoms with Gasteiger partial charge in [-0.2, -0.15) is 0 Å². The summed E-state index contributed by atoms with van der Waals surface area (Å²) in [6, 6.07) is 0. The maximum absolute atomic E-state index is 10.4. The molecule has 132 valence electrons. The van der Waals surface area contributed by atoms with Crippen molar-refractivity contribution in [2.75, 3.05) is 19.8 Å². The molecule has 0 aliphatic heterocycles. The highest BCUT2D eigenvalue weighted by atomic mass is 31.2. The fourth-order valence-electron chi connectivity index (χ4n) is 2.15. The first-order chi connectivity index (χ1) is 10.4. The van der Waals surface area contributed by atoms with Crippen molar-refractivity contribution >= 4 is 7.82 Å². The van der Waals surface area contributed by atoms with Crippen molar-refractivity contribution in [2.24, 2.45) is 0 Å². The van der Waals surface area contributed by atoms with Gasteiger partial charge in [0.15, 0.2) is 0 Å². The van der Waals surface area contributed by atoms with Crippen LogP contribution in [0, 0.1) is 0 Å². The normalized spacial score (nSPS) is 11.8. The highest BCUT2D eigenvalue weighted by molar-refractivity contribution is 7.46. The maximum Gasteiger partial charge on any atom is 0.469 e. The fraction of sp³-hybridized carbons (Fsp3) is 0.875. The summed E-state index contributed by atoms with van der Waals surface area (Å²) in [5.74, 6) is 0. The van der Waals surface area contributed by atoms with Crippen LogP contribution in [-0.4, -0.2) is 29.6 Å². The van der Waals surface area contributed by atoms with Crippen LogP contribution in [0.25, 0.3) is 0 Å². The molecule has 0 aliphatic rings. The lowest BCUT2D eigenvalue weighted by molar-refractivity contribution is 0.151. The van der Waals surface area contributed by atoms with Gasteiger partial charge in [-0.05, 0) is 19.8 Å². The first kappa shape index (κ1) is 21.8. The zero-order valence-electron chi connectivity index (χ0n) is 14.0. The summed E-state index contributed by atoms with van der Waals surface area (Å²) >= 11 is 0. The Labute approximate surface area is 135 Å². The van der Waals surface area contributed by atoms with Crippen LogP contribution in [0.2, 0.25) is 0 Å². The van der Waals surface area contributed by atoms with Crippen LogP contribution in [-0.2, 0) is 13.8 Å². The van der Waals surface area contributed by atoms with E-state index in [1.807, 2.05) is 6.92 Å². The number of rotatable bonds is 16. The Bertz CT molecular complexity index is 314. The van der Waals surface area contributed by atoms with Crippen LogP contribution in [0.15, 0.2) is 12.2 Å². The van der Waals surface area contributed by atoms with E-state index in [-0.39, 0.29) is 6.61 Å². The molecule has 22 heavy (non-hydrogen) atoms. The second kappa shape index (κ2) is 14.4. The van der Waals surface area contributed by atoms with Crippen molar-refractivity contribution in [2.45, 2.75) is 71.1 Å². The molecular weight excluding hydrogens is 303 g/mol. The van der Waals surface area contributed by atoms with E-state index in [1.165, 1.54) is 38.5 Å². The second-order valence-corrected chi connectivity index (χ2v) is 7.11. The molecule has 0 amide bonds. The molecule has 0 atom stereocenters. The molecule has 0 aliphatic carbocycles. The fourth-order valence-corrected chi connectivity index (χ4v) is 2.52. The SMILES string of the molecule is C=C(C)COCCCCCCCCCCCCOP(=O)(O)O. The minimum absolute atomic E-state index is 0.151. The Balaban J connectivity index is 3.06. The van der Waals surface area contributed by atoms with Crippen LogP contribution >= 0.6 is 7.82 Å². The largest absolute Gasteiger partial charge is 0.469 e. The summed E-state index contributed by atoms with van der Waals surface area (Å²) in [5.41, 5.74) is 1.08. The van der Waals surface area contributed by atoms with Crippen LogP contribution in [0.1, 0.15) is 71.1 Å². The van der Waals surface area contributed by atoms with E-state index in [1.54, 1.807) is 0 Å². The lowest BCUT2D eigenvalue weighted by Gasteiger charge is -2.05. The number of phosphoric ester groups is 1. The molecule has 5 nitrogen and oxygen atoms in total. The van der Waals surface area contributed by atoms with E-state index in [4.69, 9.17) is 14.5 Å². The predicted molar refractivity (Wildman–Crippen MR) is 89.8 cm³/mol. The van der Waals surface area contributed by atoms with Gasteiger partial charge in [-0.3, -0.25) is 4.52 Å². The molecule has 0 rings (SSSR count). The summed E-state index contributed by atoms with van der Waals surface area (Å²) in [7, 11) is -4.27. The number of hydrogen-bond acceptors (Lipinski definition) is 3. The Morgan fingerprint density at radius 2 is 1.27 bits per heavy atom. The van der Waals surface area contributed by atoms with Crippen molar-refractivity contribution in [3.05, 3.63) is 12.2 Å². The Morgan fingerprint density at radius 3 is 1.68 bits per heavy atom. The number of ether oxygens (including phenoxy) is 1. The van der Waals surface area contributed by atoms with Gasteiger partial charge >= 0.3 is 7.82 Å². The molecule has 0 saturated heterocycles. The molecule has 6 heteroatoms. The third-order valence-electron chi connectivity index (χ3n) is 3.29. The summed E-state index contributed by atoms with van der Waals surface area (Å²) in [6.45, 7) is 7.44. The molecule has 0 fully saturated rings. The Morgan fingerprint density at radius 1 is 0.864 bits per heavy atom. The maximum atomic E-state index is 10.4. The number of hydrogen-bond donors (Lipinski definition) is 2. The third-order valence-corrected chi connectivity index (χ3v) is 3.81. The van der Waals surface area contributed by atoms with Crippen molar-refractivity contribution < 1.29 is 23.6 Å². The minimum Gasteiger partial charge on any atom is -0.377 e. The minimum atomic E-state index is -4.27. The monoisotopic (exact) mass is 336 g/mol. The van der Waals surface area contributed by atoms with Crippen molar-refractivity contribution in [3.63, 3.8) is 0 Å². The van der Waals surface area contributed by atoms with Gasteiger partial charge in [0.1, 0.15) is 0 Å². The van der Waals surface area contributed by atoms with Crippen LogP contribution in [0.4, 0.5) is 0 Å². The van der Waals surface area contributed by atoms with E-state index >= 15 is 0 Å². The third kappa shape index (κ3) is 19.8. The molecule has 0 aromatic carbocycles. The second-order valence-electron chi connectivity index (χ2n) is 5.87. The van der Waals surface area contributed by atoms with E-state index in [9.17, 15) is 4.57 Å². The van der Waals surface area contributed by atoms with Gasteiger partial charge < -0.3 is 14.5 Å². The first-order valence-corrected chi connectivity index (χ1v) is 9.87. The Hall–Kier alpha value is -0.190. The zero-order valence-corrected chi connectivity index (χ0v) is 14.9. The molecule has 0 saturated carbocycles. The van der Waals surface area contributed by atoms with Gasteiger partial charge in [0.2, 0.25) is 0 Å². The van der Waals surface area contributed by atoms with Crippen molar-refractivity contribution in [1.29, 1.82) is 0 Å². The first-order valence-electron chi connectivity index (χ1n) is 8.34. The molecular formula is C16H33O5P. The van der Waals surface area contributed by atoms with Crippen LogP contribution in [0.5, 0.6) is 0 Å². The zero-order chi connectivity index (χ0) is 16.7. The van der Waals surface area contributed by atoms with Crippen LogP contribution < -0.4 is 0 Å². The summed E-state index contributed by atoms with van der Waals surface area (Å²) in [6.07, 6.45) is 11.4. The molecule has 0 spiro atoms. The average molecular weight is 336 g/mol. The standard InChI is InChI=1S/C16H33O5P/c1-16(2)15-20-13-11-9-7-5-3-4-6-8-10-12-14-21-22(17,18)19/h1,3-15H2,2H3,(H2,17,18,19). The van der Waals surface area contributed by atoms with Crippen LogP contribution in [0.3, 0.4) is 0 Å². The molecule has 0 unspecified atom stereocenters. The van der Waals surface area contributed by atoms with E-state index in [2.05, 4.69) is 11.1 Å². The number of phosphoric acid groups is 1. The lowest BCUT2D eigenvalue weighted by atomic mass is 10.1. The van der Waals surface area contributed by atoms with Gasteiger partial charge in [0, 0.05) is 6.61 Å². The molecule has 0 aromatic heterocycles. The van der Waals surface area contributed by atoms with E-state index in [0.29, 0.717) is 6.61 Å². The highest BCUT2D eigenvalue weighted by Crippen LogP contribution is 2.35. The molecule has 0 radical (unpaired) electrons. The quantitative estimate of drug-likeness (QED) is 0.245. The van der Waals surface area contributed by atoms with E-state index in [0.717, 1.165) is 37.9 Å². The van der Waals surface area contributed by atoms with Crippen molar-refractivity contribution in [3.8, 4) is 0 Å². The van der Waals surface area contributed by atoms with Crippen molar-refractivity contribution in [1.82, 2.24) is 0 Å². The van der Waals surface area contributed by atoms with Gasteiger partial charge in [0.25, 0.3) is 0 Å². The summed E-state index contributed by atoms with van der Waals surface area (Å²) in [4.78, 5) is 17.0. The summed E-state index contributed by atoms with van der Waals surface area (Å²) < 4.78 is 20.3.